The van der Waals surface area contributed by atoms with Crippen LogP contribution in [0.3, 0.4) is 0 Å². The number of nitrogens with zero attached hydrogens (tertiary/aromatic N) is 10. The number of anilines is 7. The SMILES string of the molecule is C=CCOC(=O)N1c2cc(OCCCC(=O)Nc3cc(C(=O)Nc4ccc(-c5cc(C(=O)Nc6cc(C)n(C)c6)n(C)c5)cc4)n(C)c3)c(C)cc2C(=O)N2CCCC[C@H]2C1OC1CCCCO1.Cc1cc2c(cc1OCCCC(=O)Nc1cc(C(=O)Nc3ccc(-c4cc(C(=O)Nc5cc(C)n(C)c5)n(C)c4)cc3)n(C)c1)N=C[C@@H]1CCCCN1C2=O.O=C=O.O=C=O. The Kier molecular flexibility index (Phi) is 31.1. The third kappa shape index (κ3) is 23.1. The van der Waals surface area contributed by atoms with Gasteiger partial charge in [-0.25, -0.2) is 9.69 Å². The van der Waals surface area contributed by atoms with Gasteiger partial charge in [0.2, 0.25) is 11.8 Å². The smallest absolute Gasteiger partial charge is 0.416 e. The molecule has 6 aromatic heterocycles. The van der Waals surface area contributed by atoms with Gasteiger partial charge < -0.3 is 92.8 Å². The zero-order valence-electron chi connectivity index (χ0n) is 73.8. The summed E-state index contributed by atoms with van der Waals surface area (Å²) in [5.74, 6) is -0.634. The maximum absolute atomic E-state index is 14.2. The minimum atomic E-state index is -0.862. The summed E-state index contributed by atoms with van der Waals surface area (Å²) >= 11 is 0. The molecular weight excluding hydrogens is 1650 g/mol. The summed E-state index contributed by atoms with van der Waals surface area (Å²) in [4.78, 5) is 162. The number of hydrogen-bond donors (Lipinski definition) is 6. The molecule has 4 atom stereocenters. The fourth-order valence-electron chi connectivity index (χ4n) is 16.1. The molecule has 4 aromatic carbocycles. The highest BCUT2D eigenvalue weighted by atomic mass is 16.7. The molecule has 10 aromatic rings. The van der Waals surface area contributed by atoms with Crippen molar-refractivity contribution in [1.29, 1.82) is 0 Å². The van der Waals surface area contributed by atoms with Gasteiger partial charge in [-0.15, -0.1) is 0 Å². The Morgan fingerprint density at radius 1 is 0.481 bits per heavy atom. The average Bonchev–Trinajstić information content (AvgIpc) is 1.61. The lowest BCUT2D eigenvalue weighted by atomic mass is 10.00. The van der Waals surface area contributed by atoms with Crippen molar-refractivity contribution < 1.29 is 86.0 Å². The van der Waals surface area contributed by atoms with Crippen molar-refractivity contribution in [2.45, 2.75) is 136 Å². The van der Waals surface area contributed by atoms with E-state index in [9.17, 15) is 43.2 Å². The van der Waals surface area contributed by atoms with Gasteiger partial charge in [0.15, 0.2) is 12.5 Å². The monoisotopic (exact) mass is 1760 g/mol. The first-order valence-electron chi connectivity index (χ1n) is 42.5. The van der Waals surface area contributed by atoms with Gasteiger partial charge in [-0.1, -0.05) is 36.9 Å². The highest BCUT2D eigenvalue weighted by molar-refractivity contribution is 6.09. The lowest BCUT2D eigenvalue weighted by Gasteiger charge is -2.42. The third-order valence-electron chi connectivity index (χ3n) is 23.0. The number of piperidine rings is 2. The van der Waals surface area contributed by atoms with E-state index in [4.69, 9.17) is 42.9 Å². The van der Waals surface area contributed by atoms with Gasteiger partial charge >= 0.3 is 18.4 Å². The van der Waals surface area contributed by atoms with E-state index < -0.39 is 24.7 Å². The van der Waals surface area contributed by atoms with Crippen LogP contribution in [0.1, 0.15) is 169 Å². The van der Waals surface area contributed by atoms with E-state index in [-0.39, 0.29) is 91.7 Å². The summed E-state index contributed by atoms with van der Waals surface area (Å²) in [7, 11) is 11.0. The number of ether oxygens (including phenoxy) is 5. The molecule has 0 spiro atoms. The summed E-state index contributed by atoms with van der Waals surface area (Å²) in [6.45, 7) is 13.7. The molecule has 0 bridgehead atoms. The van der Waals surface area contributed by atoms with Crippen molar-refractivity contribution in [2.75, 3.05) is 76.3 Å². The molecule has 34 heteroatoms. The predicted molar refractivity (Wildman–Crippen MR) is 482 cm³/mol. The van der Waals surface area contributed by atoms with Crippen LogP contribution in [0.5, 0.6) is 11.5 Å². The summed E-state index contributed by atoms with van der Waals surface area (Å²) in [6.07, 6.45) is 21.8. The number of amides is 9. The van der Waals surface area contributed by atoms with Crippen molar-refractivity contribution in [3.63, 3.8) is 0 Å². The maximum atomic E-state index is 14.2. The van der Waals surface area contributed by atoms with Gasteiger partial charge in [-0.2, -0.15) is 19.2 Å². The van der Waals surface area contributed by atoms with Crippen molar-refractivity contribution >= 4 is 117 Å². The number of carbonyl (C=O) groups excluding carboxylic acids is 13. The number of aryl methyl sites for hydroxylation is 10. The molecule has 5 aliphatic rings. The quantitative estimate of drug-likeness (QED) is 0.0217. The van der Waals surface area contributed by atoms with Gasteiger partial charge in [0.05, 0.1) is 70.5 Å². The van der Waals surface area contributed by atoms with Gasteiger partial charge in [0.25, 0.3) is 35.4 Å². The number of benzene rings is 4. The number of aromatic nitrogens is 6. The normalized spacial score (nSPS) is 15.9. The van der Waals surface area contributed by atoms with Crippen LogP contribution in [0.2, 0.25) is 0 Å². The minimum absolute atomic E-state index is 0.0142. The van der Waals surface area contributed by atoms with Crippen molar-refractivity contribution in [3.8, 4) is 33.8 Å². The van der Waals surface area contributed by atoms with E-state index in [1.54, 1.807) is 81.2 Å². The number of aliphatic imine (C=N–C) groups is 1. The molecule has 5 aliphatic heterocycles. The fraction of sp³-hybridized carbons (Fsp3) is 0.347. The fourth-order valence-corrected chi connectivity index (χ4v) is 16.1. The Morgan fingerprint density at radius 2 is 0.915 bits per heavy atom. The van der Waals surface area contributed by atoms with Gasteiger partial charge in [-0.3, -0.25) is 43.3 Å². The predicted octanol–water partition coefficient (Wildman–Crippen LogP) is 14.1. The van der Waals surface area contributed by atoms with Gasteiger partial charge in [-0.05, 0) is 193 Å². The van der Waals surface area contributed by atoms with E-state index in [1.165, 1.54) is 11.0 Å². The van der Waals surface area contributed by atoms with Crippen LogP contribution in [0.25, 0.3) is 22.3 Å². The van der Waals surface area contributed by atoms with Crippen LogP contribution in [0.15, 0.2) is 164 Å². The second-order valence-electron chi connectivity index (χ2n) is 32.2. The maximum Gasteiger partial charge on any atom is 0.416 e. The number of hydrogen-bond acceptors (Lipinski definition) is 19. The van der Waals surface area contributed by atoms with Crippen LogP contribution in [0, 0.1) is 27.7 Å². The van der Waals surface area contributed by atoms with Crippen LogP contribution in [0.4, 0.5) is 50.3 Å². The summed E-state index contributed by atoms with van der Waals surface area (Å²) in [6, 6.07) is 32.2. The standard InChI is InChI=1S/C51H60N8O9.C42H46N8O5.2CO2/c1-7-21-67-51(64)59-41-28-44(32(2)24-39(41)49(63)58-20-10-8-13-40(58)50(59)68-46-15-9-11-22-66-46)65-23-12-14-45(60)52-38-27-43(57(6)31-38)48(62)53-36-18-16-34(17-19-36)35-26-42(56(5)29-35)47(61)54-37-25-33(3)55(4)30-37;1-26-17-34-35(43-22-33-9-6-7-15-50(33)42(34)54)21-38(26)55-16-8-10-39(51)44-32-20-37(49(5)25-32)41(53)45-30-13-11-28(12-14-30)29-19-36(48(4)23-29)40(52)46-31-18-27(2)47(3)24-31;2*2-1-3/h7,16-19,24-31,40,46,50H,1,8-15,20-23H2,2-6H3,(H,52,60)(H,53,62)(H,54,61);11-14,17-25,33H,6-10,15-16H2,1-5H3,(H,44,51)(H,45,53)(H,46,52);;/t40-,46?,50?;33-;;/m00../s1. The second-order valence-corrected chi connectivity index (χ2v) is 32.2. The van der Waals surface area contributed by atoms with Crippen molar-refractivity contribution in [3.05, 3.63) is 215 Å². The molecule has 6 N–H and O–H groups in total. The van der Waals surface area contributed by atoms with Gasteiger partial charge in [0, 0.05) is 164 Å². The average molecular weight is 1760 g/mol. The first-order valence-corrected chi connectivity index (χ1v) is 42.5. The zero-order valence-corrected chi connectivity index (χ0v) is 73.8. The van der Waals surface area contributed by atoms with Crippen LogP contribution in [-0.4, -0.2) is 173 Å². The first kappa shape index (κ1) is 93.4. The van der Waals surface area contributed by atoms with Crippen molar-refractivity contribution in [2.24, 2.45) is 47.3 Å². The molecule has 0 radical (unpaired) electrons. The van der Waals surface area contributed by atoms with Crippen LogP contribution >= 0.6 is 0 Å². The molecule has 2 unspecified atom stereocenters. The number of fused-ring (bicyclic) bond motifs is 4. The highest BCUT2D eigenvalue weighted by Crippen LogP contribution is 2.42. The second kappa shape index (κ2) is 43.0. The number of carbonyl (C=O) groups is 9. The minimum Gasteiger partial charge on any atom is -0.493 e. The lowest BCUT2D eigenvalue weighted by Crippen LogP contribution is -2.57. The lowest BCUT2D eigenvalue weighted by molar-refractivity contribution is -0.198. The molecule has 0 aliphatic carbocycles. The molecule has 34 nitrogen and oxygen atoms in total. The summed E-state index contributed by atoms with van der Waals surface area (Å²) in [5, 5.41) is 17.5. The van der Waals surface area contributed by atoms with Crippen molar-refractivity contribution in [1.82, 2.24) is 37.2 Å². The molecular formula is C95H106N16O18. The van der Waals surface area contributed by atoms with E-state index in [2.05, 4.69) is 43.5 Å². The molecule has 674 valence electrons. The third-order valence-corrected chi connectivity index (χ3v) is 23.0. The van der Waals surface area contributed by atoms with Crippen LogP contribution in [-0.2, 0) is 85.3 Å². The Labute approximate surface area is 745 Å². The Balaban J connectivity index is 0.000000225. The zero-order chi connectivity index (χ0) is 92.3. The van der Waals surface area contributed by atoms with E-state index >= 15 is 0 Å². The van der Waals surface area contributed by atoms with E-state index in [0.29, 0.717) is 131 Å². The number of rotatable bonds is 26. The molecule has 3 fully saturated rings. The largest absolute Gasteiger partial charge is 0.493 e. The van der Waals surface area contributed by atoms with Gasteiger partial charge in [0.1, 0.15) is 40.9 Å². The molecule has 9 amide bonds. The molecule has 11 heterocycles. The Bertz CT molecular complexity index is 5870. The summed E-state index contributed by atoms with van der Waals surface area (Å²) in [5.41, 5.74) is 14.4. The van der Waals surface area contributed by atoms with Crippen LogP contribution < -0.4 is 46.3 Å². The topological polar surface area (TPSA) is 392 Å². The van der Waals surface area contributed by atoms with E-state index in [1.807, 2.05) is 179 Å². The highest BCUT2D eigenvalue weighted by Gasteiger charge is 2.47. The Morgan fingerprint density at radius 3 is 1.40 bits per heavy atom. The molecule has 0 saturated carbocycles. The molecule has 3 saturated heterocycles. The van der Waals surface area contributed by atoms with E-state index in [0.717, 1.165) is 102 Å². The summed E-state index contributed by atoms with van der Waals surface area (Å²) < 4.78 is 41.2. The molecule has 129 heavy (non-hydrogen) atoms. The molecule has 15 rings (SSSR count). The first-order chi connectivity index (χ1) is 62.0. The Hall–Kier alpha value is -14.7. The number of nitrogens with one attached hydrogen (secondary N) is 6.